The molecule has 0 bridgehead atoms. The molecular weight excluding hydrogens is 328 g/mol. The molecule has 2 aromatic heterocycles. The minimum atomic E-state index is 0.484. The van der Waals surface area contributed by atoms with Crippen LogP contribution < -0.4 is 4.74 Å². The molecule has 0 amide bonds. The van der Waals surface area contributed by atoms with E-state index < -0.39 is 0 Å². The van der Waals surface area contributed by atoms with E-state index in [9.17, 15) is 0 Å². The first-order valence-electron chi connectivity index (χ1n) is 7.45. The van der Waals surface area contributed by atoms with Crippen LogP contribution in [0.25, 0.3) is 10.6 Å². The third kappa shape index (κ3) is 3.89. The van der Waals surface area contributed by atoms with Crippen LogP contribution in [0.2, 0.25) is 5.02 Å². The molecule has 0 atom stereocenters. The number of ether oxygens (including phenoxy) is 1. The van der Waals surface area contributed by atoms with Crippen molar-refractivity contribution in [2.75, 3.05) is 0 Å². The van der Waals surface area contributed by atoms with Crippen LogP contribution in [-0.4, -0.2) is 9.97 Å². The van der Waals surface area contributed by atoms with Gasteiger partial charge < -0.3 is 4.74 Å². The third-order valence-corrected chi connectivity index (χ3v) is 4.72. The first kappa shape index (κ1) is 16.0. The van der Waals surface area contributed by atoms with Gasteiger partial charge in [0, 0.05) is 22.5 Å². The Morgan fingerprint density at radius 1 is 1.17 bits per heavy atom. The van der Waals surface area contributed by atoms with Crippen LogP contribution in [0.4, 0.5) is 0 Å². The lowest BCUT2D eigenvalue weighted by molar-refractivity contribution is 0.294. The molecule has 0 aliphatic heterocycles. The maximum atomic E-state index is 5.89. The van der Waals surface area contributed by atoms with Gasteiger partial charge >= 0.3 is 0 Å². The number of halogens is 1. The minimum Gasteiger partial charge on any atom is -0.472 e. The number of aryl methyl sites for hydroxylation is 2. The summed E-state index contributed by atoms with van der Waals surface area (Å²) in [4.78, 5) is 10.0. The molecular formula is C18H17ClN2OS. The topological polar surface area (TPSA) is 35.0 Å². The van der Waals surface area contributed by atoms with E-state index in [-0.39, 0.29) is 0 Å². The molecule has 0 unspecified atom stereocenters. The van der Waals surface area contributed by atoms with Crippen molar-refractivity contribution < 1.29 is 4.74 Å². The molecule has 0 saturated carbocycles. The minimum absolute atomic E-state index is 0.484. The average Bonchev–Trinajstić information content (AvgIpc) is 2.95. The highest BCUT2D eigenvalue weighted by Gasteiger charge is 2.11. The fraction of sp³-hybridized carbons (Fsp3) is 0.222. The molecule has 0 aliphatic carbocycles. The second kappa shape index (κ2) is 7.11. The first-order valence-corrected chi connectivity index (χ1v) is 8.65. The molecule has 3 nitrogen and oxygen atoms in total. The van der Waals surface area contributed by atoms with Crippen LogP contribution in [-0.2, 0) is 13.0 Å². The second-order valence-corrected chi connectivity index (χ2v) is 6.82. The number of pyridine rings is 1. The predicted octanol–water partition coefficient (Wildman–Crippen LogP) is 5.31. The Morgan fingerprint density at radius 2 is 1.96 bits per heavy atom. The zero-order chi connectivity index (χ0) is 16.2. The highest BCUT2D eigenvalue weighted by Crippen LogP contribution is 2.32. The van der Waals surface area contributed by atoms with Gasteiger partial charge in [-0.15, -0.1) is 11.3 Å². The maximum Gasteiger partial charge on any atom is 0.228 e. The molecule has 0 aliphatic rings. The van der Waals surface area contributed by atoms with Gasteiger partial charge in [-0.25, -0.2) is 4.98 Å². The van der Waals surface area contributed by atoms with Gasteiger partial charge in [0.05, 0.1) is 4.88 Å². The van der Waals surface area contributed by atoms with Crippen LogP contribution >= 0.6 is 22.9 Å². The summed E-state index contributed by atoms with van der Waals surface area (Å²) < 4.78 is 5.86. The van der Waals surface area contributed by atoms with Crippen LogP contribution in [0.3, 0.4) is 0 Å². The summed E-state index contributed by atoms with van der Waals surface area (Å²) in [7, 11) is 0. The summed E-state index contributed by atoms with van der Waals surface area (Å²) in [5, 5.41) is 1.69. The Labute approximate surface area is 145 Å². The lowest BCUT2D eigenvalue weighted by Crippen LogP contribution is -1.96. The van der Waals surface area contributed by atoms with Gasteiger partial charge in [-0.05, 0) is 43.2 Å². The zero-order valence-corrected chi connectivity index (χ0v) is 14.6. The predicted molar refractivity (Wildman–Crippen MR) is 95.2 cm³/mol. The summed E-state index contributed by atoms with van der Waals surface area (Å²) in [6, 6.07) is 11.7. The summed E-state index contributed by atoms with van der Waals surface area (Å²) in [5.74, 6) is 0.690. The molecule has 0 radical (unpaired) electrons. The van der Waals surface area contributed by atoms with Gasteiger partial charge in [0.2, 0.25) is 5.88 Å². The zero-order valence-electron chi connectivity index (χ0n) is 13.0. The van der Waals surface area contributed by atoms with Crippen LogP contribution in [0.15, 0.2) is 42.6 Å². The summed E-state index contributed by atoms with van der Waals surface area (Å²) in [6.45, 7) is 4.61. The number of hydrogen-bond donors (Lipinski definition) is 0. The summed E-state index contributed by atoms with van der Waals surface area (Å²) >= 11 is 7.53. The highest BCUT2D eigenvalue weighted by molar-refractivity contribution is 7.15. The number of rotatable bonds is 5. The lowest BCUT2D eigenvalue weighted by Gasteiger charge is -2.04. The fourth-order valence-electron chi connectivity index (χ4n) is 2.18. The van der Waals surface area contributed by atoms with Gasteiger partial charge in [-0.3, -0.25) is 4.98 Å². The molecule has 0 N–H and O–H groups in total. The quantitative estimate of drug-likeness (QED) is 0.629. The Balaban J connectivity index is 1.76. The summed E-state index contributed by atoms with van der Waals surface area (Å²) in [6.07, 6.45) is 2.75. The molecule has 118 valence electrons. The van der Waals surface area contributed by atoms with E-state index in [1.807, 2.05) is 43.5 Å². The standard InChI is InChI=1S/C18H17ClN2OS/c1-3-16-10-14(8-9-20-16)18-21-17(12(2)23-18)22-11-13-4-6-15(19)7-5-13/h4-10H,3,11H2,1-2H3. The van der Waals surface area contributed by atoms with Crippen molar-refractivity contribution in [3.05, 3.63) is 63.8 Å². The van der Waals surface area contributed by atoms with Crippen molar-refractivity contribution in [3.8, 4) is 16.5 Å². The van der Waals surface area contributed by atoms with Gasteiger partial charge in [-0.2, -0.15) is 0 Å². The average molecular weight is 345 g/mol. The molecule has 0 spiro atoms. The van der Waals surface area contributed by atoms with Gasteiger partial charge in [0.1, 0.15) is 11.6 Å². The van der Waals surface area contributed by atoms with Crippen molar-refractivity contribution in [1.82, 2.24) is 9.97 Å². The van der Waals surface area contributed by atoms with E-state index in [2.05, 4.69) is 23.0 Å². The maximum absolute atomic E-state index is 5.89. The van der Waals surface area contributed by atoms with Crippen molar-refractivity contribution in [2.45, 2.75) is 26.9 Å². The van der Waals surface area contributed by atoms with Crippen LogP contribution in [0.1, 0.15) is 23.1 Å². The van der Waals surface area contributed by atoms with E-state index in [0.29, 0.717) is 12.5 Å². The number of hydrogen-bond acceptors (Lipinski definition) is 4. The highest BCUT2D eigenvalue weighted by atomic mass is 35.5. The number of thiazole rings is 1. The molecule has 5 heteroatoms. The van der Waals surface area contributed by atoms with Gasteiger partial charge in [0.25, 0.3) is 0 Å². The summed E-state index contributed by atoms with van der Waals surface area (Å²) in [5.41, 5.74) is 3.23. The monoisotopic (exact) mass is 344 g/mol. The van der Waals surface area contributed by atoms with E-state index in [1.54, 1.807) is 11.3 Å². The van der Waals surface area contributed by atoms with Crippen LogP contribution in [0.5, 0.6) is 5.88 Å². The fourth-order valence-corrected chi connectivity index (χ4v) is 3.16. The van der Waals surface area contributed by atoms with E-state index in [1.165, 1.54) is 0 Å². The molecule has 23 heavy (non-hydrogen) atoms. The largest absolute Gasteiger partial charge is 0.472 e. The van der Waals surface area contributed by atoms with Crippen molar-refractivity contribution >= 4 is 22.9 Å². The van der Waals surface area contributed by atoms with Crippen molar-refractivity contribution in [3.63, 3.8) is 0 Å². The van der Waals surface area contributed by atoms with Crippen molar-refractivity contribution in [1.29, 1.82) is 0 Å². The molecule has 3 rings (SSSR count). The number of aromatic nitrogens is 2. The molecule has 3 aromatic rings. The Kier molecular flexibility index (Phi) is 4.94. The van der Waals surface area contributed by atoms with Gasteiger partial charge in [-0.1, -0.05) is 30.7 Å². The second-order valence-electron chi connectivity index (χ2n) is 5.18. The lowest BCUT2D eigenvalue weighted by atomic mass is 10.2. The normalized spacial score (nSPS) is 10.7. The van der Waals surface area contributed by atoms with Crippen molar-refractivity contribution in [2.24, 2.45) is 0 Å². The van der Waals surface area contributed by atoms with Gasteiger partial charge in [0.15, 0.2) is 0 Å². The molecule has 0 saturated heterocycles. The van der Waals surface area contributed by atoms with E-state index in [0.717, 1.165) is 38.1 Å². The SMILES string of the molecule is CCc1cc(-c2nc(OCc3ccc(Cl)cc3)c(C)s2)ccn1. The van der Waals surface area contributed by atoms with Crippen LogP contribution in [0, 0.1) is 6.92 Å². The van der Waals surface area contributed by atoms with E-state index >= 15 is 0 Å². The number of nitrogens with zero attached hydrogens (tertiary/aromatic N) is 2. The Hall–Kier alpha value is -1.91. The first-order chi connectivity index (χ1) is 11.2. The third-order valence-electron chi connectivity index (χ3n) is 3.47. The molecule has 1 aromatic carbocycles. The Bertz CT molecular complexity index is 799. The Morgan fingerprint density at radius 3 is 2.70 bits per heavy atom. The van der Waals surface area contributed by atoms with E-state index in [4.69, 9.17) is 16.3 Å². The molecule has 0 fully saturated rings. The molecule has 2 heterocycles. The number of benzene rings is 1. The smallest absolute Gasteiger partial charge is 0.228 e.